The summed E-state index contributed by atoms with van der Waals surface area (Å²) in [5.74, 6) is 0.453. The van der Waals surface area contributed by atoms with Gasteiger partial charge in [0.05, 0.1) is 40.9 Å². The maximum atomic E-state index is 13.3. The Hall–Kier alpha value is -3.10. The van der Waals surface area contributed by atoms with Crippen molar-refractivity contribution in [2.75, 3.05) is 4.90 Å². The Morgan fingerprint density at radius 2 is 1.90 bits per heavy atom. The third-order valence-corrected chi connectivity index (χ3v) is 5.31. The van der Waals surface area contributed by atoms with Crippen LogP contribution in [0.15, 0.2) is 42.7 Å². The van der Waals surface area contributed by atoms with Crippen molar-refractivity contribution in [2.45, 2.75) is 45.5 Å². The molecule has 0 radical (unpaired) electrons. The molecule has 0 aliphatic carbocycles. The number of rotatable bonds is 2. The molecule has 2 unspecified atom stereocenters. The lowest BCUT2D eigenvalue weighted by Gasteiger charge is -2.36. The van der Waals surface area contributed by atoms with Crippen molar-refractivity contribution in [3.8, 4) is 5.69 Å². The molecule has 1 aromatic carbocycles. The van der Waals surface area contributed by atoms with Crippen LogP contribution in [0.25, 0.3) is 5.69 Å². The van der Waals surface area contributed by atoms with Crippen molar-refractivity contribution >= 4 is 11.7 Å². The number of carbonyl (C=O) groups excluding carboxylic acids is 1. The predicted molar refractivity (Wildman–Crippen MR) is 101 cm³/mol. The number of amides is 1. The zero-order valence-electron chi connectivity index (χ0n) is 16.2. The van der Waals surface area contributed by atoms with E-state index >= 15 is 0 Å². The number of alkyl halides is 3. The predicted octanol–water partition coefficient (Wildman–Crippen LogP) is 4.40. The highest BCUT2D eigenvalue weighted by Gasteiger charge is 2.35. The average molecular weight is 403 g/mol. The van der Waals surface area contributed by atoms with Gasteiger partial charge in [-0.2, -0.15) is 23.4 Å². The van der Waals surface area contributed by atoms with Crippen LogP contribution >= 0.6 is 0 Å². The molecule has 0 spiro atoms. The lowest BCUT2D eigenvalue weighted by Crippen LogP contribution is -2.45. The number of fused-ring (bicyclic) bond motifs is 1. The number of aromatic nitrogens is 4. The summed E-state index contributed by atoms with van der Waals surface area (Å²) in [4.78, 5) is 15.0. The molecule has 0 fully saturated rings. The molecule has 3 heterocycles. The molecule has 2 atom stereocenters. The molecule has 0 N–H and O–H groups in total. The molecule has 0 bridgehead atoms. The third-order valence-electron chi connectivity index (χ3n) is 5.31. The molecule has 4 rings (SSSR count). The second-order valence-corrected chi connectivity index (χ2v) is 7.35. The topological polar surface area (TPSA) is 56.0 Å². The summed E-state index contributed by atoms with van der Waals surface area (Å²) in [6.07, 6.45) is -0.637. The molecule has 1 amide bonds. The van der Waals surface area contributed by atoms with Gasteiger partial charge in [0.2, 0.25) is 0 Å². The minimum absolute atomic E-state index is 0.0435. The summed E-state index contributed by atoms with van der Waals surface area (Å²) >= 11 is 0. The Morgan fingerprint density at radius 3 is 2.62 bits per heavy atom. The summed E-state index contributed by atoms with van der Waals surface area (Å²) in [7, 11) is 0. The summed E-state index contributed by atoms with van der Waals surface area (Å²) in [5, 5.41) is 8.49. The number of hydrogen-bond acceptors (Lipinski definition) is 3. The van der Waals surface area contributed by atoms with E-state index in [2.05, 4.69) is 10.2 Å². The van der Waals surface area contributed by atoms with E-state index in [0.717, 1.165) is 18.6 Å². The fourth-order valence-electron chi connectivity index (χ4n) is 3.89. The van der Waals surface area contributed by atoms with E-state index < -0.39 is 11.7 Å². The van der Waals surface area contributed by atoms with Gasteiger partial charge in [-0.15, -0.1) is 0 Å². The lowest BCUT2D eigenvalue weighted by atomic mass is 10.0. The average Bonchev–Trinajstić information content (AvgIpc) is 3.28. The maximum absolute atomic E-state index is 13.3. The van der Waals surface area contributed by atoms with Gasteiger partial charge in [0.25, 0.3) is 5.91 Å². The van der Waals surface area contributed by atoms with Crippen molar-refractivity contribution < 1.29 is 18.0 Å². The van der Waals surface area contributed by atoms with Crippen LogP contribution in [0.4, 0.5) is 19.0 Å². The molecule has 6 nitrogen and oxygen atoms in total. The molecule has 0 saturated carbocycles. The van der Waals surface area contributed by atoms with E-state index in [9.17, 15) is 18.0 Å². The first-order chi connectivity index (χ1) is 13.7. The first-order valence-electron chi connectivity index (χ1n) is 9.28. The fraction of sp³-hybridized carbons (Fsp3) is 0.350. The van der Waals surface area contributed by atoms with Gasteiger partial charge in [0.1, 0.15) is 5.82 Å². The molecule has 2 aromatic heterocycles. The Balaban J connectivity index is 1.72. The SMILES string of the molecule is Cc1c(C(=O)N2c3ccnn3C(C)CC2C)cnn1-c1cccc(C(F)(F)F)c1. The first-order valence-corrected chi connectivity index (χ1v) is 9.28. The highest BCUT2D eigenvalue weighted by atomic mass is 19.4. The minimum atomic E-state index is -4.45. The zero-order chi connectivity index (χ0) is 20.9. The van der Waals surface area contributed by atoms with Crippen LogP contribution in [0.2, 0.25) is 0 Å². The Labute approximate surface area is 165 Å². The van der Waals surface area contributed by atoms with E-state index in [4.69, 9.17) is 0 Å². The minimum Gasteiger partial charge on any atom is -0.290 e. The van der Waals surface area contributed by atoms with Crippen LogP contribution in [0.3, 0.4) is 0 Å². The van der Waals surface area contributed by atoms with Gasteiger partial charge in [0.15, 0.2) is 0 Å². The smallest absolute Gasteiger partial charge is 0.290 e. The van der Waals surface area contributed by atoms with Crippen LogP contribution in [0, 0.1) is 6.92 Å². The Bertz CT molecular complexity index is 1070. The van der Waals surface area contributed by atoms with Crippen molar-refractivity contribution in [3.05, 3.63) is 59.5 Å². The molecule has 152 valence electrons. The van der Waals surface area contributed by atoms with Crippen LogP contribution in [-0.4, -0.2) is 31.5 Å². The fourth-order valence-corrected chi connectivity index (χ4v) is 3.89. The molecule has 9 heteroatoms. The van der Waals surface area contributed by atoms with E-state index in [0.29, 0.717) is 17.1 Å². The van der Waals surface area contributed by atoms with E-state index in [1.807, 2.05) is 18.5 Å². The molecule has 1 aliphatic rings. The summed E-state index contributed by atoms with van der Waals surface area (Å²) in [6.45, 7) is 5.69. The zero-order valence-corrected chi connectivity index (χ0v) is 16.2. The summed E-state index contributed by atoms with van der Waals surface area (Å²) in [6, 6.07) is 6.81. The highest BCUT2D eigenvalue weighted by Crippen LogP contribution is 2.33. The van der Waals surface area contributed by atoms with Crippen LogP contribution in [0.1, 0.15) is 47.9 Å². The van der Waals surface area contributed by atoms with Gasteiger partial charge in [-0.05, 0) is 45.4 Å². The van der Waals surface area contributed by atoms with Crippen molar-refractivity contribution in [2.24, 2.45) is 0 Å². The van der Waals surface area contributed by atoms with Crippen molar-refractivity contribution in [3.63, 3.8) is 0 Å². The largest absolute Gasteiger partial charge is 0.416 e. The molecule has 1 aliphatic heterocycles. The van der Waals surface area contributed by atoms with Crippen LogP contribution in [-0.2, 0) is 6.18 Å². The first kappa shape index (κ1) is 19.2. The van der Waals surface area contributed by atoms with E-state index in [-0.39, 0.29) is 23.7 Å². The Morgan fingerprint density at radius 1 is 1.14 bits per heavy atom. The van der Waals surface area contributed by atoms with Gasteiger partial charge in [-0.25, -0.2) is 9.36 Å². The van der Waals surface area contributed by atoms with Crippen LogP contribution < -0.4 is 4.90 Å². The maximum Gasteiger partial charge on any atom is 0.416 e. The molecular weight excluding hydrogens is 383 g/mol. The van der Waals surface area contributed by atoms with Crippen molar-refractivity contribution in [1.29, 1.82) is 0 Å². The highest BCUT2D eigenvalue weighted by molar-refractivity contribution is 6.06. The number of halogens is 3. The molecule has 3 aromatic rings. The lowest BCUT2D eigenvalue weighted by molar-refractivity contribution is -0.137. The molecule has 29 heavy (non-hydrogen) atoms. The Kier molecular flexibility index (Phi) is 4.48. The number of carbonyl (C=O) groups is 1. The van der Waals surface area contributed by atoms with Gasteiger partial charge in [-0.3, -0.25) is 9.69 Å². The van der Waals surface area contributed by atoms with Crippen molar-refractivity contribution in [1.82, 2.24) is 19.6 Å². The second kappa shape index (κ2) is 6.75. The normalized spacial score (nSPS) is 19.3. The van der Waals surface area contributed by atoms with Gasteiger partial charge in [-0.1, -0.05) is 6.07 Å². The number of benzene rings is 1. The quantitative estimate of drug-likeness (QED) is 0.638. The van der Waals surface area contributed by atoms with E-state index in [1.54, 1.807) is 24.1 Å². The third kappa shape index (κ3) is 3.20. The summed E-state index contributed by atoms with van der Waals surface area (Å²) in [5.41, 5.74) is 0.310. The van der Waals surface area contributed by atoms with Crippen LogP contribution in [0.5, 0.6) is 0 Å². The number of anilines is 1. The van der Waals surface area contributed by atoms with E-state index in [1.165, 1.54) is 23.0 Å². The van der Waals surface area contributed by atoms with Gasteiger partial charge < -0.3 is 0 Å². The standard InChI is InChI=1S/C20H20F3N5O/c1-12-9-13(2)27-18(7-8-24-27)26(12)19(29)17-11-25-28(14(17)3)16-6-4-5-15(10-16)20(21,22)23/h4-8,10-13H,9H2,1-3H3. The second-order valence-electron chi connectivity index (χ2n) is 7.35. The molecule has 0 saturated heterocycles. The number of nitrogens with zero attached hydrogens (tertiary/aromatic N) is 5. The monoisotopic (exact) mass is 403 g/mol. The van der Waals surface area contributed by atoms with Gasteiger partial charge >= 0.3 is 6.18 Å². The molecular formula is C20H20F3N5O. The summed E-state index contributed by atoms with van der Waals surface area (Å²) < 4.78 is 42.3. The number of hydrogen-bond donors (Lipinski definition) is 0. The van der Waals surface area contributed by atoms with Gasteiger partial charge in [0, 0.05) is 12.1 Å².